The first-order chi connectivity index (χ1) is 7.18. The Kier molecular flexibility index (Phi) is 2.98. The Morgan fingerprint density at radius 3 is 2.73 bits per heavy atom. The number of nitrogens with two attached hydrogens (primary N) is 1. The zero-order chi connectivity index (χ0) is 10.8. The maximum atomic E-state index is 5.80. The second-order valence-corrected chi connectivity index (χ2v) is 3.99. The molecule has 15 heavy (non-hydrogen) atoms. The summed E-state index contributed by atoms with van der Waals surface area (Å²) in [6.45, 7) is 5.46. The third kappa shape index (κ3) is 2.16. The van der Waals surface area contributed by atoms with Crippen molar-refractivity contribution >= 4 is 0 Å². The molecule has 0 saturated heterocycles. The lowest BCUT2D eigenvalue weighted by atomic mass is 10.1. The van der Waals surface area contributed by atoms with E-state index in [-0.39, 0.29) is 6.04 Å². The van der Waals surface area contributed by atoms with Crippen molar-refractivity contribution in [2.24, 2.45) is 5.73 Å². The molecule has 0 amide bonds. The first kappa shape index (κ1) is 10.5. The molecule has 0 bridgehead atoms. The highest BCUT2D eigenvalue weighted by atomic mass is 16.5. The Morgan fingerprint density at radius 1 is 1.27 bits per heavy atom. The van der Waals surface area contributed by atoms with Crippen LogP contribution in [-0.4, -0.2) is 23.2 Å². The summed E-state index contributed by atoms with van der Waals surface area (Å²) in [4.78, 5) is 8.95. The summed E-state index contributed by atoms with van der Waals surface area (Å²) in [5.41, 5.74) is 9.22. The van der Waals surface area contributed by atoms with E-state index < -0.39 is 0 Å². The molecule has 1 atom stereocenters. The number of aromatic nitrogens is 2. The zero-order valence-electron chi connectivity index (χ0n) is 9.29. The van der Waals surface area contributed by atoms with Gasteiger partial charge in [0.25, 0.3) is 0 Å². The Bertz CT molecular complexity index is 363. The van der Waals surface area contributed by atoms with Crippen LogP contribution in [0.5, 0.6) is 0 Å². The van der Waals surface area contributed by atoms with Crippen LogP contribution in [0.15, 0.2) is 0 Å². The minimum atomic E-state index is -0.0989. The van der Waals surface area contributed by atoms with Gasteiger partial charge in [0.1, 0.15) is 5.82 Å². The number of aryl methyl sites for hydroxylation is 1. The number of hydrogen-bond donors (Lipinski definition) is 1. The molecule has 4 nitrogen and oxygen atoms in total. The van der Waals surface area contributed by atoms with Gasteiger partial charge in [-0.3, -0.25) is 0 Å². The second-order valence-electron chi connectivity index (χ2n) is 3.99. The van der Waals surface area contributed by atoms with Crippen molar-refractivity contribution in [3.05, 3.63) is 22.8 Å². The lowest BCUT2D eigenvalue weighted by Crippen LogP contribution is -2.14. The van der Waals surface area contributed by atoms with E-state index in [9.17, 15) is 0 Å². The number of ether oxygens (including phenoxy) is 1. The van der Waals surface area contributed by atoms with Crippen molar-refractivity contribution in [2.45, 2.75) is 32.7 Å². The Balaban J connectivity index is 2.44. The van der Waals surface area contributed by atoms with Crippen LogP contribution in [0, 0.1) is 6.92 Å². The maximum absolute atomic E-state index is 5.80. The first-order valence-corrected chi connectivity index (χ1v) is 5.38. The lowest BCUT2D eigenvalue weighted by molar-refractivity contribution is 0.146. The molecule has 82 valence electrons. The highest BCUT2D eigenvalue weighted by molar-refractivity contribution is 5.27. The molecule has 0 aromatic carbocycles. The van der Waals surface area contributed by atoms with Gasteiger partial charge < -0.3 is 10.5 Å². The van der Waals surface area contributed by atoms with Crippen LogP contribution < -0.4 is 5.73 Å². The van der Waals surface area contributed by atoms with Gasteiger partial charge in [-0.25, -0.2) is 9.97 Å². The van der Waals surface area contributed by atoms with Crippen LogP contribution >= 0.6 is 0 Å². The van der Waals surface area contributed by atoms with Crippen LogP contribution in [0.25, 0.3) is 0 Å². The lowest BCUT2D eigenvalue weighted by Gasteiger charge is -2.11. The SMILES string of the molecule is Cc1nc(C(C)N)nc2c1CCOCC2. The van der Waals surface area contributed by atoms with E-state index in [4.69, 9.17) is 10.5 Å². The molecule has 1 unspecified atom stereocenters. The molecular weight excluding hydrogens is 190 g/mol. The van der Waals surface area contributed by atoms with Crippen molar-refractivity contribution < 1.29 is 4.74 Å². The van der Waals surface area contributed by atoms with E-state index in [0.29, 0.717) is 0 Å². The summed E-state index contributed by atoms with van der Waals surface area (Å²) in [5.74, 6) is 0.744. The zero-order valence-corrected chi connectivity index (χ0v) is 9.29. The molecule has 2 heterocycles. The summed E-state index contributed by atoms with van der Waals surface area (Å²) < 4.78 is 5.43. The van der Waals surface area contributed by atoms with Crippen LogP contribution in [-0.2, 0) is 17.6 Å². The molecule has 1 aromatic rings. The summed E-state index contributed by atoms with van der Waals surface area (Å²) in [7, 11) is 0. The quantitative estimate of drug-likeness (QED) is 0.744. The van der Waals surface area contributed by atoms with Crippen LogP contribution in [0.2, 0.25) is 0 Å². The van der Waals surface area contributed by atoms with Crippen molar-refractivity contribution in [3.8, 4) is 0 Å². The fraction of sp³-hybridized carbons (Fsp3) is 0.636. The van der Waals surface area contributed by atoms with Gasteiger partial charge >= 0.3 is 0 Å². The first-order valence-electron chi connectivity index (χ1n) is 5.38. The molecule has 1 aromatic heterocycles. The van der Waals surface area contributed by atoms with Gasteiger partial charge in [0, 0.05) is 17.8 Å². The smallest absolute Gasteiger partial charge is 0.145 e. The summed E-state index contributed by atoms with van der Waals surface area (Å²) in [6, 6.07) is -0.0989. The Morgan fingerprint density at radius 2 is 2.00 bits per heavy atom. The average molecular weight is 207 g/mol. The summed E-state index contributed by atoms with van der Waals surface area (Å²) in [5, 5.41) is 0. The molecule has 0 spiro atoms. The van der Waals surface area contributed by atoms with Gasteiger partial charge in [-0.2, -0.15) is 0 Å². The molecule has 2 rings (SSSR count). The Hall–Kier alpha value is -1.00. The van der Waals surface area contributed by atoms with Gasteiger partial charge in [0.15, 0.2) is 0 Å². The predicted molar refractivity (Wildman–Crippen MR) is 57.6 cm³/mol. The van der Waals surface area contributed by atoms with Gasteiger partial charge in [0.2, 0.25) is 0 Å². The minimum absolute atomic E-state index is 0.0989. The molecule has 0 aliphatic carbocycles. The Labute approximate surface area is 89.9 Å². The van der Waals surface area contributed by atoms with Crippen molar-refractivity contribution in [2.75, 3.05) is 13.2 Å². The van der Waals surface area contributed by atoms with E-state index in [0.717, 1.165) is 43.3 Å². The average Bonchev–Trinajstić information content (AvgIpc) is 2.42. The summed E-state index contributed by atoms with van der Waals surface area (Å²) >= 11 is 0. The van der Waals surface area contributed by atoms with Gasteiger partial charge in [0.05, 0.1) is 19.3 Å². The van der Waals surface area contributed by atoms with E-state index in [2.05, 4.69) is 9.97 Å². The highest BCUT2D eigenvalue weighted by Crippen LogP contribution is 2.17. The molecular formula is C11H17N3O. The largest absolute Gasteiger partial charge is 0.381 e. The van der Waals surface area contributed by atoms with E-state index in [1.165, 1.54) is 5.56 Å². The molecule has 1 aliphatic heterocycles. The van der Waals surface area contributed by atoms with Crippen LogP contribution in [0.1, 0.15) is 35.7 Å². The van der Waals surface area contributed by atoms with E-state index in [1.54, 1.807) is 0 Å². The molecule has 4 heteroatoms. The molecule has 1 aliphatic rings. The highest BCUT2D eigenvalue weighted by Gasteiger charge is 2.15. The molecule has 0 fully saturated rings. The maximum Gasteiger partial charge on any atom is 0.145 e. The second kappa shape index (κ2) is 4.24. The fourth-order valence-corrected chi connectivity index (χ4v) is 1.86. The standard InChI is InChI=1S/C11H17N3O/c1-7(12)11-13-8(2)9-3-5-15-6-4-10(9)14-11/h7H,3-6,12H2,1-2H3. The van der Waals surface area contributed by atoms with Crippen molar-refractivity contribution in [1.29, 1.82) is 0 Å². The minimum Gasteiger partial charge on any atom is -0.381 e. The molecule has 2 N–H and O–H groups in total. The van der Waals surface area contributed by atoms with Gasteiger partial charge in [-0.05, 0) is 25.8 Å². The van der Waals surface area contributed by atoms with Crippen LogP contribution in [0.3, 0.4) is 0 Å². The predicted octanol–water partition coefficient (Wildman–Crippen LogP) is 0.920. The monoisotopic (exact) mass is 207 g/mol. The van der Waals surface area contributed by atoms with Crippen LogP contribution in [0.4, 0.5) is 0 Å². The number of rotatable bonds is 1. The third-order valence-corrected chi connectivity index (χ3v) is 2.70. The third-order valence-electron chi connectivity index (χ3n) is 2.70. The van der Waals surface area contributed by atoms with E-state index in [1.807, 2.05) is 13.8 Å². The van der Waals surface area contributed by atoms with Crippen molar-refractivity contribution in [1.82, 2.24) is 9.97 Å². The topological polar surface area (TPSA) is 61.0 Å². The van der Waals surface area contributed by atoms with E-state index >= 15 is 0 Å². The molecule has 0 radical (unpaired) electrons. The molecule has 0 saturated carbocycles. The normalized spacial score (nSPS) is 18.1. The van der Waals surface area contributed by atoms with Crippen molar-refractivity contribution in [3.63, 3.8) is 0 Å². The fourth-order valence-electron chi connectivity index (χ4n) is 1.86. The number of hydrogen-bond acceptors (Lipinski definition) is 4. The van der Waals surface area contributed by atoms with Gasteiger partial charge in [-0.15, -0.1) is 0 Å². The van der Waals surface area contributed by atoms with Gasteiger partial charge in [-0.1, -0.05) is 0 Å². The number of nitrogens with zero attached hydrogens (tertiary/aromatic N) is 2. The number of fused-ring (bicyclic) bond motifs is 1. The summed E-state index contributed by atoms with van der Waals surface area (Å²) in [6.07, 6.45) is 1.79.